The average molecular weight is 381 g/mol. The van der Waals surface area contributed by atoms with Crippen LogP contribution in [0.3, 0.4) is 0 Å². The third kappa shape index (κ3) is 3.59. The molecule has 0 N–H and O–H groups in total. The zero-order chi connectivity index (χ0) is 19.5. The molecule has 5 heteroatoms. The Balaban J connectivity index is 1.45. The van der Waals surface area contributed by atoms with Crippen LogP contribution in [0.4, 0.5) is 11.6 Å². The van der Waals surface area contributed by atoms with Gasteiger partial charge in [-0.1, -0.05) is 54.6 Å². The standard InChI is InChI=1S/C24H23N5/c1-3-9-20(10-4-1)22-19-24(29(26-22)21-11-5-2-6-12-21)28-17-15-27(16-18-28)23-13-7-8-14-25-23/h1-14,19H,15-18H2. The summed E-state index contributed by atoms with van der Waals surface area (Å²) in [6.45, 7) is 3.75. The first-order valence-electron chi connectivity index (χ1n) is 10.0. The SMILES string of the molecule is c1ccc(-c2cc(N3CCN(c4ccccn4)CC3)n(-c3ccccc3)n2)cc1. The highest BCUT2D eigenvalue weighted by Gasteiger charge is 2.22. The molecule has 4 aromatic rings. The molecule has 1 saturated heterocycles. The summed E-state index contributed by atoms with van der Waals surface area (Å²) in [4.78, 5) is 9.27. The molecule has 5 rings (SSSR count). The Bertz CT molecular complexity index is 1050. The van der Waals surface area contributed by atoms with Crippen molar-refractivity contribution >= 4 is 11.6 Å². The van der Waals surface area contributed by atoms with E-state index in [1.165, 1.54) is 0 Å². The number of para-hydroxylation sites is 1. The molecule has 3 heterocycles. The summed E-state index contributed by atoms with van der Waals surface area (Å²) in [7, 11) is 0. The Labute approximate surface area is 170 Å². The van der Waals surface area contributed by atoms with E-state index in [1.807, 2.05) is 30.5 Å². The molecule has 144 valence electrons. The summed E-state index contributed by atoms with van der Waals surface area (Å²) in [5.74, 6) is 2.18. The first kappa shape index (κ1) is 17.5. The van der Waals surface area contributed by atoms with Crippen LogP contribution in [0, 0.1) is 0 Å². The van der Waals surface area contributed by atoms with Gasteiger partial charge in [-0.3, -0.25) is 0 Å². The summed E-state index contributed by atoms with van der Waals surface area (Å²) in [6, 6.07) is 29.0. The van der Waals surface area contributed by atoms with Gasteiger partial charge in [-0.2, -0.15) is 5.10 Å². The molecule has 1 fully saturated rings. The van der Waals surface area contributed by atoms with Gasteiger partial charge in [0, 0.05) is 44.0 Å². The van der Waals surface area contributed by atoms with E-state index in [9.17, 15) is 0 Å². The Hall–Kier alpha value is -3.60. The third-order valence-corrected chi connectivity index (χ3v) is 5.34. The lowest BCUT2D eigenvalue weighted by molar-refractivity contribution is 0.632. The van der Waals surface area contributed by atoms with Gasteiger partial charge in [0.1, 0.15) is 11.6 Å². The fourth-order valence-electron chi connectivity index (χ4n) is 3.81. The molecule has 0 unspecified atom stereocenters. The van der Waals surface area contributed by atoms with E-state index in [-0.39, 0.29) is 0 Å². The Morgan fingerprint density at radius 2 is 1.31 bits per heavy atom. The average Bonchev–Trinajstić information content (AvgIpc) is 3.27. The highest BCUT2D eigenvalue weighted by molar-refractivity contribution is 5.65. The van der Waals surface area contributed by atoms with Gasteiger partial charge < -0.3 is 9.80 Å². The molecule has 1 aliphatic rings. The molecule has 29 heavy (non-hydrogen) atoms. The zero-order valence-corrected chi connectivity index (χ0v) is 16.2. The van der Waals surface area contributed by atoms with Crippen molar-refractivity contribution in [3.05, 3.63) is 91.1 Å². The third-order valence-electron chi connectivity index (χ3n) is 5.34. The predicted molar refractivity (Wildman–Crippen MR) is 118 cm³/mol. The van der Waals surface area contributed by atoms with Gasteiger partial charge in [0.05, 0.1) is 11.4 Å². The minimum Gasteiger partial charge on any atom is -0.353 e. The minimum atomic E-state index is 0.934. The maximum absolute atomic E-state index is 4.95. The van der Waals surface area contributed by atoms with Crippen molar-refractivity contribution in [2.24, 2.45) is 0 Å². The van der Waals surface area contributed by atoms with Crippen molar-refractivity contribution in [2.75, 3.05) is 36.0 Å². The smallest absolute Gasteiger partial charge is 0.133 e. The maximum atomic E-state index is 4.95. The van der Waals surface area contributed by atoms with Crippen LogP contribution in [-0.4, -0.2) is 40.9 Å². The molecule has 2 aromatic carbocycles. The lowest BCUT2D eigenvalue weighted by Gasteiger charge is -2.36. The molecular formula is C24H23N5. The van der Waals surface area contributed by atoms with Gasteiger partial charge in [-0.15, -0.1) is 0 Å². The second kappa shape index (κ2) is 7.80. The highest BCUT2D eigenvalue weighted by Crippen LogP contribution is 2.28. The minimum absolute atomic E-state index is 0.934. The predicted octanol–water partition coefficient (Wildman–Crippen LogP) is 4.26. The second-order valence-corrected chi connectivity index (χ2v) is 7.16. The molecule has 0 amide bonds. The van der Waals surface area contributed by atoms with Crippen molar-refractivity contribution in [1.82, 2.24) is 14.8 Å². The number of benzene rings is 2. The van der Waals surface area contributed by atoms with Gasteiger partial charge in [0.2, 0.25) is 0 Å². The molecule has 0 atom stereocenters. The van der Waals surface area contributed by atoms with Crippen LogP contribution in [0.15, 0.2) is 91.1 Å². The van der Waals surface area contributed by atoms with E-state index in [0.717, 1.165) is 54.8 Å². The maximum Gasteiger partial charge on any atom is 0.133 e. The van der Waals surface area contributed by atoms with Gasteiger partial charge in [-0.25, -0.2) is 9.67 Å². The first-order chi connectivity index (χ1) is 14.4. The number of hydrogen-bond donors (Lipinski definition) is 0. The molecule has 0 aliphatic carbocycles. The number of hydrogen-bond acceptors (Lipinski definition) is 4. The van der Waals surface area contributed by atoms with E-state index in [4.69, 9.17) is 5.10 Å². The van der Waals surface area contributed by atoms with E-state index in [1.54, 1.807) is 0 Å². The fourth-order valence-corrected chi connectivity index (χ4v) is 3.81. The van der Waals surface area contributed by atoms with E-state index in [0.29, 0.717) is 0 Å². The number of piperazine rings is 1. The van der Waals surface area contributed by atoms with Crippen LogP contribution in [-0.2, 0) is 0 Å². The summed E-state index contributed by atoms with van der Waals surface area (Å²) < 4.78 is 2.07. The van der Waals surface area contributed by atoms with Crippen LogP contribution in [0.5, 0.6) is 0 Å². The van der Waals surface area contributed by atoms with Crippen molar-refractivity contribution < 1.29 is 0 Å². The van der Waals surface area contributed by atoms with Gasteiger partial charge in [0.25, 0.3) is 0 Å². The second-order valence-electron chi connectivity index (χ2n) is 7.16. The Morgan fingerprint density at radius 1 is 0.655 bits per heavy atom. The fraction of sp³-hybridized carbons (Fsp3) is 0.167. The van der Waals surface area contributed by atoms with Gasteiger partial charge in [0.15, 0.2) is 0 Å². The molecule has 2 aromatic heterocycles. The molecule has 5 nitrogen and oxygen atoms in total. The number of anilines is 2. The summed E-state index contributed by atoms with van der Waals surface area (Å²) in [5.41, 5.74) is 3.21. The topological polar surface area (TPSA) is 37.2 Å². The Kier molecular flexibility index (Phi) is 4.70. The lowest BCUT2D eigenvalue weighted by atomic mass is 10.1. The van der Waals surface area contributed by atoms with Gasteiger partial charge in [-0.05, 0) is 24.3 Å². The molecule has 0 bridgehead atoms. The van der Waals surface area contributed by atoms with Crippen molar-refractivity contribution in [1.29, 1.82) is 0 Å². The van der Waals surface area contributed by atoms with Crippen molar-refractivity contribution in [3.63, 3.8) is 0 Å². The van der Waals surface area contributed by atoms with Crippen LogP contribution >= 0.6 is 0 Å². The summed E-state index contributed by atoms with van der Waals surface area (Å²) in [5, 5.41) is 4.95. The molecule has 0 radical (unpaired) electrons. The zero-order valence-electron chi connectivity index (χ0n) is 16.2. The van der Waals surface area contributed by atoms with E-state index >= 15 is 0 Å². The normalized spacial score (nSPS) is 14.2. The number of nitrogens with zero attached hydrogens (tertiary/aromatic N) is 5. The van der Waals surface area contributed by atoms with Crippen molar-refractivity contribution in [2.45, 2.75) is 0 Å². The van der Waals surface area contributed by atoms with Crippen LogP contribution in [0.2, 0.25) is 0 Å². The lowest BCUT2D eigenvalue weighted by Crippen LogP contribution is -2.47. The Morgan fingerprint density at radius 3 is 2.00 bits per heavy atom. The molecule has 1 aliphatic heterocycles. The number of rotatable bonds is 4. The van der Waals surface area contributed by atoms with Gasteiger partial charge >= 0.3 is 0 Å². The highest BCUT2D eigenvalue weighted by atomic mass is 15.4. The van der Waals surface area contributed by atoms with Crippen molar-refractivity contribution in [3.8, 4) is 16.9 Å². The largest absolute Gasteiger partial charge is 0.353 e. The van der Waals surface area contributed by atoms with Crippen LogP contribution in [0.1, 0.15) is 0 Å². The quantitative estimate of drug-likeness (QED) is 0.529. The van der Waals surface area contributed by atoms with E-state index in [2.05, 4.69) is 80.1 Å². The molecular weight excluding hydrogens is 358 g/mol. The summed E-state index contributed by atoms with van der Waals surface area (Å²) >= 11 is 0. The monoisotopic (exact) mass is 381 g/mol. The van der Waals surface area contributed by atoms with Crippen LogP contribution in [0.25, 0.3) is 16.9 Å². The molecule has 0 saturated carbocycles. The first-order valence-corrected chi connectivity index (χ1v) is 10.0. The van der Waals surface area contributed by atoms with Crippen LogP contribution < -0.4 is 9.80 Å². The number of aromatic nitrogens is 3. The van der Waals surface area contributed by atoms with E-state index < -0.39 is 0 Å². The summed E-state index contributed by atoms with van der Waals surface area (Å²) in [6.07, 6.45) is 1.86. The number of pyridine rings is 1. The molecule has 0 spiro atoms.